The van der Waals surface area contributed by atoms with E-state index in [-0.39, 0.29) is 12.5 Å². The number of amides is 1. The molecule has 4 nitrogen and oxygen atoms in total. The van der Waals surface area contributed by atoms with Crippen LogP contribution in [0.25, 0.3) is 0 Å². The number of aliphatic hydroxyl groups excluding tert-OH is 1. The molecule has 0 heterocycles. The standard InChI is InChI=1S/C15H16N2O2/c16-14(12-6-2-1-3-7-12)15(19)17-13-8-4-5-11(9-13)10-18/h1-9,14,18H,10,16H2,(H,17,19). The van der Waals surface area contributed by atoms with Gasteiger partial charge in [-0.15, -0.1) is 0 Å². The Morgan fingerprint density at radius 2 is 1.89 bits per heavy atom. The minimum absolute atomic E-state index is 0.0611. The van der Waals surface area contributed by atoms with Gasteiger partial charge in [0, 0.05) is 5.69 Å². The number of carbonyl (C=O) groups excluding carboxylic acids is 1. The number of benzene rings is 2. The van der Waals surface area contributed by atoms with Gasteiger partial charge >= 0.3 is 0 Å². The van der Waals surface area contributed by atoms with E-state index in [4.69, 9.17) is 10.8 Å². The number of nitrogens with one attached hydrogen (secondary N) is 1. The van der Waals surface area contributed by atoms with Gasteiger partial charge in [-0.05, 0) is 23.3 Å². The molecular formula is C15H16N2O2. The first-order valence-electron chi connectivity index (χ1n) is 6.02. The highest BCUT2D eigenvalue weighted by atomic mass is 16.3. The van der Waals surface area contributed by atoms with Gasteiger partial charge in [0.1, 0.15) is 6.04 Å². The van der Waals surface area contributed by atoms with Gasteiger partial charge in [0.25, 0.3) is 0 Å². The molecule has 2 aromatic rings. The third-order valence-electron chi connectivity index (χ3n) is 2.82. The summed E-state index contributed by atoms with van der Waals surface area (Å²) in [6, 6.07) is 15.5. The molecule has 0 bridgehead atoms. The molecule has 0 aromatic heterocycles. The van der Waals surface area contributed by atoms with Crippen molar-refractivity contribution in [2.45, 2.75) is 12.6 Å². The SMILES string of the molecule is NC(C(=O)Nc1cccc(CO)c1)c1ccccc1. The van der Waals surface area contributed by atoms with Crippen molar-refractivity contribution < 1.29 is 9.90 Å². The number of nitrogens with two attached hydrogens (primary N) is 1. The van der Waals surface area contributed by atoms with Gasteiger partial charge in [-0.2, -0.15) is 0 Å². The summed E-state index contributed by atoms with van der Waals surface area (Å²) in [5, 5.41) is 11.8. The zero-order valence-corrected chi connectivity index (χ0v) is 10.4. The molecular weight excluding hydrogens is 240 g/mol. The van der Waals surface area contributed by atoms with Crippen molar-refractivity contribution in [2.24, 2.45) is 5.73 Å². The van der Waals surface area contributed by atoms with E-state index >= 15 is 0 Å². The predicted octanol–water partition coefficient (Wildman–Crippen LogP) is 1.82. The predicted molar refractivity (Wildman–Crippen MR) is 74.4 cm³/mol. The lowest BCUT2D eigenvalue weighted by Gasteiger charge is -2.13. The minimum Gasteiger partial charge on any atom is -0.392 e. The third kappa shape index (κ3) is 3.40. The first kappa shape index (κ1) is 13.3. The first-order chi connectivity index (χ1) is 9.20. The largest absolute Gasteiger partial charge is 0.392 e. The first-order valence-corrected chi connectivity index (χ1v) is 6.02. The van der Waals surface area contributed by atoms with Crippen LogP contribution in [0.3, 0.4) is 0 Å². The van der Waals surface area contributed by atoms with Crippen LogP contribution in [0.5, 0.6) is 0 Å². The molecule has 1 unspecified atom stereocenters. The average Bonchev–Trinajstić information content (AvgIpc) is 2.47. The number of anilines is 1. The summed E-state index contributed by atoms with van der Waals surface area (Å²) >= 11 is 0. The topological polar surface area (TPSA) is 75.4 Å². The Bertz CT molecular complexity index is 555. The van der Waals surface area contributed by atoms with Crippen LogP contribution in [0.2, 0.25) is 0 Å². The summed E-state index contributed by atoms with van der Waals surface area (Å²) in [6.45, 7) is -0.0611. The van der Waals surface area contributed by atoms with Crippen molar-refractivity contribution in [3.63, 3.8) is 0 Å². The van der Waals surface area contributed by atoms with Gasteiger partial charge in [0.15, 0.2) is 0 Å². The summed E-state index contributed by atoms with van der Waals surface area (Å²) in [4.78, 5) is 12.0. The molecule has 0 aliphatic heterocycles. The Morgan fingerprint density at radius 1 is 1.16 bits per heavy atom. The lowest BCUT2D eigenvalue weighted by molar-refractivity contribution is -0.117. The zero-order valence-electron chi connectivity index (χ0n) is 10.4. The van der Waals surface area contributed by atoms with Crippen LogP contribution < -0.4 is 11.1 Å². The van der Waals surface area contributed by atoms with Gasteiger partial charge in [-0.1, -0.05) is 42.5 Å². The van der Waals surface area contributed by atoms with E-state index < -0.39 is 6.04 Å². The maximum Gasteiger partial charge on any atom is 0.245 e. The fourth-order valence-electron chi connectivity index (χ4n) is 1.78. The molecule has 19 heavy (non-hydrogen) atoms. The van der Waals surface area contributed by atoms with E-state index in [0.29, 0.717) is 5.69 Å². The molecule has 0 radical (unpaired) electrons. The van der Waals surface area contributed by atoms with E-state index in [2.05, 4.69) is 5.32 Å². The van der Waals surface area contributed by atoms with E-state index in [0.717, 1.165) is 11.1 Å². The molecule has 0 fully saturated rings. The minimum atomic E-state index is -0.709. The number of rotatable bonds is 4. The van der Waals surface area contributed by atoms with Gasteiger partial charge < -0.3 is 16.2 Å². The molecule has 4 N–H and O–H groups in total. The highest BCUT2D eigenvalue weighted by Gasteiger charge is 2.15. The van der Waals surface area contributed by atoms with Crippen molar-refractivity contribution in [2.75, 3.05) is 5.32 Å². The third-order valence-corrected chi connectivity index (χ3v) is 2.82. The molecule has 2 rings (SSSR count). The Hall–Kier alpha value is -2.17. The van der Waals surface area contributed by atoms with Crippen LogP contribution in [0, 0.1) is 0 Å². The number of hydrogen-bond acceptors (Lipinski definition) is 3. The molecule has 0 aliphatic rings. The summed E-state index contributed by atoms with van der Waals surface area (Å²) < 4.78 is 0. The molecule has 98 valence electrons. The second-order valence-electron chi connectivity index (χ2n) is 4.24. The molecule has 1 amide bonds. The Balaban J connectivity index is 2.08. The summed E-state index contributed by atoms with van der Waals surface area (Å²) in [6.07, 6.45) is 0. The maximum atomic E-state index is 12.0. The molecule has 0 aliphatic carbocycles. The van der Waals surface area contributed by atoms with E-state index in [9.17, 15) is 4.79 Å². The Labute approximate surface area is 111 Å². The normalized spacial score (nSPS) is 11.9. The molecule has 0 saturated heterocycles. The molecule has 0 saturated carbocycles. The number of carbonyl (C=O) groups is 1. The van der Waals surface area contributed by atoms with E-state index in [1.807, 2.05) is 30.3 Å². The Kier molecular flexibility index (Phi) is 4.28. The van der Waals surface area contributed by atoms with Crippen LogP contribution in [-0.2, 0) is 11.4 Å². The summed E-state index contributed by atoms with van der Waals surface area (Å²) in [5.41, 5.74) is 8.03. The molecule has 0 spiro atoms. The average molecular weight is 256 g/mol. The van der Waals surface area contributed by atoms with Crippen LogP contribution in [-0.4, -0.2) is 11.0 Å². The van der Waals surface area contributed by atoms with Crippen LogP contribution >= 0.6 is 0 Å². The molecule has 2 aromatic carbocycles. The highest BCUT2D eigenvalue weighted by Crippen LogP contribution is 2.15. The van der Waals surface area contributed by atoms with Crippen LogP contribution in [0.4, 0.5) is 5.69 Å². The second kappa shape index (κ2) is 6.13. The van der Waals surface area contributed by atoms with Gasteiger partial charge in [0.2, 0.25) is 5.91 Å². The van der Waals surface area contributed by atoms with Crippen LogP contribution in [0.15, 0.2) is 54.6 Å². The van der Waals surface area contributed by atoms with E-state index in [1.165, 1.54) is 0 Å². The number of hydrogen-bond donors (Lipinski definition) is 3. The van der Waals surface area contributed by atoms with E-state index in [1.54, 1.807) is 24.3 Å². The highest BCUT2D eigenvalue weighted by molar-refractivity contribution is 5.95. The molecule has 1 atom stereocenters. The van der Waals surface area contributed by atoms with Crippen molar-refractivity contribution >= 4 is 11.6 Å². The van der Waals surface area contributed by atoms with Gasteiger partial charge in [-0.3, -0.25) is 4.79 Å². The second-order valence-corrected chi connectivity index (χ2v) is 4.24. The zero-order chi connectivity index (χ0) is 13.7. The smallest absolute Gasteiger partial charge is 0.245 e. The fourth-order valence-corrected chi connectivity index (χ4v) is 1.78. The summed E-state index contributed by atoms with van der Waals surface area (Å²) in [5.74, 6) is -0.277. The monoisotopic (exact) mass is 256 g/mol. The fraction of sp³-hybridized carbons (Fsp3) is 0.133. The summed E-state index contributed by atoms with van der Waals surface area (Å²) in [7, 11) is 0. The quantitative estimate of drug-likeness (QED) is 0.781. The Morgan fingerprint density at radius 3 is 2.58 bits per heavy atom. The lowest BCUT2D eigenvalue weighted by atomic mass is 10.1. The van der Waals surface area contributed by atoms with Crippen molar-refractivity contribution in [3.8, 4) is 0 Å². The van der Waals surface area contributed by atoms with Crippen LogP contribution in [0.1, 0.15) is 17.2 Å². The van der Waals surface area contributed by atoms with Gasteiger partial charge in [0.05, 0.1) is 6.61 Å². The van der Waals surface area contributed by atoms with Crippen molar-refractivity contribution in [3.05, 3.63) is 65.7 Å². The number of aliphatic hydroxyl groups is 1. The molecule has 4 heteroatoms. The lowest BCUT2D eigenvalue weighted by Crippen LogP contribution is -2.27. The van der Waals surface area contributed by atoms with Crippen molar-refractivity contribution in [1.29, 1.82) is 0 Å². The van der Waals surface area contributed by atoms with Gasteiger partial charge in [-0.25, -0.2) is 0 Å². The maximum absolute atomic E-state index is 12.0. The van der Waals surface area contributed by atoms with Crippen molar-refractivity contribution in [1.82, 2.24) is 0 Å².